The van der Waals surface area contributed by atoms with Gasteiger partial charge in [-0.05, 0) is 24.7 Å². The van der Waals surface area contributed by atoms with Crippen LogP contribution in [0.5, 0.6) is 0 Å². The van der Waals surface area contributed by atoms with Gasteiger partial charge in [0.15, 0.2) is 0 Å². The Balaban J connectivity index is 1.91. The predicted octanol–water partition coefficient (Wildman–Crippen LogP) is 2.19. The maximum absolute atomic E-state index is 6.03. The third-order valence-corrected chi connectivity index (χ3v) is 5.22. The summed E-state index contributed by atoms with van der Waals surface area (Å²) < 4.78 is 0. The first-order chi connectivity index (χ1) is 7.81. The average molecular weight is 242 g/mol. The van der Waals surface area contributed by atoms with Crippen LogP contribution in [0.25, 0.3) is 0 Å². The summed E-state index contributed by atoms with van der Waals surface area (Å²) in [6, 6.07) is 0.670. The number of nitrogens with zero attached hydrogens (tertiary/aromatic N) is 1. The molecule has 3 unspecified atom stereocenters. The van der Waals surface area contributed by atoms with Crippen LogP contribution in [-0.2, 0) is 0 Å². The van der Waals surface area contributed by atoms with Crippen LogP contribution in [0.1, 0.15) is 32.6 Å². The normalized spacial score (nSPS) is 34.9. The Kier molecular flexibility index (Phi) is 4.98. The van der Waals surface area contributed by atoms with Gasteiger partial charge < -0.3 is 5.73 Å². The lowest BCUT2D eigenvalue weighted by Crippen LogP contribution is -2.50. The van der Waals surface area contributed by atoms with E-state index in [1.165, 1.54) is 50.3 Å². The van der Waals surface area contributed by atoms with Gasteiger partial charge in [0.2, 0.25) is 0 Å². The molecule has 16 heavy (non-hydrogen) atoms. The van der Waals surface area contributed by atoms with Gasteiger partial charge in [-0.1, -0.05) is 19.8 Å². The van der Waals surface area contributed by atoms with Crippen molar-refractivity contribution in [3.63, 3.8) is 0 Å². The molecule has 1 heterocycles. The van der Waals surface area contributed by atoms with Gasteiger partial charge in [-0.3, -0.25) is 4.90 Å². The monoisotopic (exact) mass is 242 g/mol. The highest BCUT2D eigenvalue weighted by Gasteiger charge is 2.30. The Morgan fingerprint density at radius 1 is 1.31 bits per heavy atom. The second-order valence-electron chi connectivity index (χ2n) is 5.48. The molecule has 94 valence electrons. The van der Waals surface area contributed by atoms with Crippen LogP contribution in [0.4, 0.5) is 0 Å². The van der Waals surface area contributed by atoms with E-state index in [0.717, 1.165) is 18.4 Å². The highest BCUT2D eigenvalue weighted by atomic mass is 32.2. The molecule has 1 aliphatic carbocycles. The van der Waals surface area contributed by atoms with Crippen molar-refractivity contribution in [3.8, 4) is 0 Å². The quantitative estimate of drug-likeness (QED) is 0.822. The minimum absolute atomic E-state index is 0.670. The SMILES string of the molecule is CC1CCCC(C(CN)N2CCSCC2)C1. The van der Waals surface area contributed by atoms with Crippen LogP contribution < -0.4 is 5.73 Å². The van der Waals surface area contributed by atoms with E-state index in [1.54, 1.807) is 0 Å². The lowest BCUT2D eigenvalue weighted by Gasteiger charge is -2.41. The average Bonchev–Trinajstić information content (AvgIpc) is 2.31. The van der Waals surface area contributed by atoms with Gasteiger partial charge in [0.1, 0.15) is 0 Å². The maximum atomic E-state index is 6.03. The van der Waals surface area contributed by atoms with Gasteiger partial charge in [-0.25, -0.2) is 0 Å². The number of hydrogen-bond donors (Lipinski definition) is 1. The van der Waals surface area contributed by atoms with Crippen molar-refractivity contribution in [2.75, 3.05) is 31.1 Å². The zero-order valence-corrected chi connectivity index (χ0v) is 11.3. The van der Waals surface area contributed by atoms with Gasteiger partial charge in [0.05, 0.1) is 0 Å². The molecule has 3 atom stereocenters. The van der Waals surface area contributed by atoms with Crippen LogP contribution in [0.15, 0.2) is 0 Å². The molecule has 0 bridgehead atoms. The van der Waals surface area contributed by atoms with E-state index in [4.69, 9.17) is 5.73 Å². The first kappa shape index (κ1) is 12.7. The molecule has 0 spiro atoms. The molecule has 0 aromatic heterocycles. The summed E-state index contributed by atoms with van der Waals surface area (Å²) in [5, 5.41) is 0. The molecule has 2 N–H and O–H groups in total. The fourth-order valence-corrected chi connectivity index (χ4v) is 4.31. The molecule has 0 radical (unpaired) electrons. The van der Waals surface area contributed by atoms with Crippen LogP contribution in [0.2, 0.25) is 0 Å². The summed E-state index contributed by atoms with van der Waals surface area (Å²) >= 11 is 2.09. The molecule has 2 rings (SSSR count). The summed E-state index contributed by atoms with van der Waals surface area (Å²) in [5.41, 5.74) is 6.03. The molecule has 0 aromatic carbocycles. The van der Waals surface area contributed by atoms with Crippen LogP contribution in [0.3, 0.4) is 0 Å². The van der Waals surface area contributed by atoms with Crippen molar-refractivity contribution in [1.29, 1.82) is 0 Å². The van der Waals surface area contributed by atoms with Gasteiger partial charge >= 0.3 is 0 Å². The summed E-state index contributed by atoms with van der Waals surface area (Å²) in [4.78, 5) is 2.67. The van der Waals surface area contributed by atoms with E-state index in [9.17, 15) is 0 Å². The summed E-state index contributed by atoms with van der Waals surface area (Å²) in [6.07, 6.45) is 5.68. The second kappa shape index (κ2) is 6.27. The van der Waals surface area contributed by atoms with Gasteiger partial charge in [0, 0.05) is 37.2 Å². The first-order valence-corrected chi connectivity index (χ1v) is 7.98. The number of thioether (sulfide) groups is 1. The first-order valence-electron chi connectivity index (χ1n) is 6.83. The molecule has 0 aromatic rings. The van der Waals surface area contributed by atoms with Crippen molar-refractivity contribution in [2.45, 2.75) is 38.6 Å². The number of hydrogen-bond acceptors (Lipinski definition) is 3. The Labute approximate surface area is 104 Å². The van der Waals surface area contributed by atoms with Gasteiger partial charge in [0.25, 0.3) is 0 Å². The van der Waals surface area contributed by atoms with Crippen molar-refractivity contribution < 1.29 is 0 Å². The Morgan fingerprint density at radius 3 is 2.69 bits per heavy atom. The third kappa shape index (κ3) is 3.14. The molecular formula is C13H26N2S. The largest absolute Gasteiger partial charge is 0.329 e. The molecular weight excluding hydrogens is 216 g/mol. The zero-order valence-electron chi connectivity index (χ0n) is 10.5. The summed E-state index contributed by atoms with van der Waals surface area (Å²) in [6.45, 7) is 5.79. The van der Waals surface area contributed by atoms with Gasteiger partial charge in [-0.2, -0.15) is 11.8 Å². The van der Waals surface area contributed by atoms with E-state index in [2.05, 4.69) is 23.6 Å². The third-order valence-electron chi connectivity index (χ3n) is 4.28. The highest BCUT2D eigenvalue weighted by molar-refractivity contribution is 7.99. The molecule has 2 aliphatic rings. The van der Waals surface area contributed by atoms with Gasteiger partial charge in [-0.15, -0.1) is 0 Å². The predicted molar refractivity (Wildman–Crippen MR) is 72.9 cm³/mol. The fraction of sp³-hybridized carbons (Fsp3) is 1.00. The van der Waals surface area contributed by atoms with E-state index in [1.807, 2.05) is 0 Å². The van der Waals surface area contributed by atoms with Crippen molar-refractivity contribution in [2.24, 2.45) is 17.6 Å². The summed E-state index contributed by atoms with van der Waals surface area (Å²) in [5.74, 6) is 4.40. The minimum Gasteiger partial charge on any atom is -0.329 e. The zero-order chi connectivity index (χ0) is 11.4. The smallest absolute Gasteiger partial charge is 0.0247 e. The fourth-order valence-electron chi connectivity index (χ4n) is 3.38. The Morgan fingerprint density at radius 2 is 2.06 bits per heavy atom. The maximum Gasteiger partial charge on any atom is 0.0247 e. The molecule has 3 heteroatoms. The standard InChI is InChI=1S/C13H26N2S/c1-11-3-2-4-12(9-11)13(10-14)15-5-7-16-8-6-15/h11-13H,2-10,14H2,1H3. The minimum atomic E-state index is 0.670. The van der Waals surface area contributed by atoms with Crippen LogP contribution in [0, 0.1) is 11.8 Å². The second-order valence-corrected chi connectivity index (χ2v) is 6.71. The van der Waals surface area contributed by atoms with Crippen molar-refractivity contribution in [1.82, 2.24) is 4.90 Å². The lowest BCUT2D eigenvalue weighted by atomic mass is 9.78. The number of nitrogens with two attached hydrogens (primary N) is 1. The molecule has 2 fully saturated rings. The summed E-state index contributed by atoms with van der Waals surface area (Å²) in [7, 11) is 0. The van der Waals surface area contributed by atoms with E-state index in [0.29, 0.717) is 6.04 Å². The molecule has 1 saturated heterocycles. The Bertz CT molecular complexity index is 204. The highest BCUT2D eigenvalue weighted by Crippen LogP contribution is 2.33. The lowest BCUT2D eigenvalue weighted by molar-refractivity contribution is 0.117. The topological polar surface area (TPSA) is 29.3 Å². The Hall–Kier alpha value is 0.270. The van der Waals surface area contributed by atoms with Crippen molar-refractivity contribution >= 4 is 11.8 Å². The number of rotatable bonds is 3. The molecule has 0 amide bonds. The molecule has 1 aliphatic heterocycles. The van der Waals surface area contributed by atoms with E-state index < -0.39 is 0 Å². The van der Waals surface area contributed by atoms with E-state index >= 15 is 0 Å². The molecule has 1 saturated carbocycles. The van der Waals surface area contributed by atoms with Crippen LogP contribution >= 0.6 is 11.8 Å². The van der Waals surface area contributed by atoms with E-state index in [-0.39, 0.29) is 0 Å². The van der Waals surface area contributed by atoms with Crippen LogP contribution in [-0.4, -0.2) is 42.1 Å². The van der Waals surface area contributed by atoms with Crippen molar-refractivity contribution in [3.05, 3.63) is 0 Å². The molecule has 2 nitrogen and oxygen atoms in total.